The van der Waals surface area contributed by atoms with E-state index in [0.29, 0.717) is 0 Å². The van der Waals surface area contributed by atoms with Crippen LogP contribution in [-0.2, 0) is 10.1 Å². The summed E-state index contributed by atoms with van der Waals surface area (Å²) in [4.78, 5) is 0. The van der Waals surface area contributed by atoms with Crippen LogP contribution in [0.4, 0.5) is 13.2 Å². The number of hydrogen-bond acceptors (Lipinski definition) is 2. The minimum atomic E-state index is -5.84. The van der Waals surface area contributed by atoms with Crippen molar-refractivity contribution in [2.75, 3.05) is 0 Å². The predicted octanol–water partition coefficient (Wildman–Crippen LogP) is 0.238. The summed E-state index contributed by atoms with van der Waals surface area (Å²) in [7, 11) is -5.84. The molecule has 0 atom stereocenters. The minimum Gasteiger partial charge on any atom is -1.00 e. The Bertz CT molecular complexity index is 176. The van der Waals surface area contributed by atoms with Gasteiger partial charge in [-0.15, -0.1) is 0 Å². The molecule has 0 heterocycles. The van der Waals surface area contributed by atoms with E-state index in [4.69, 9.17) is 13.0 Å². The van der Waals surface area contributed by atoms with Gasteiger partial charge in [-0.25, -0.2) is 0 Å². The molecule has 0 aromatic heterocycles. The van der Waals surface area contributed by atoms with Crippen LogP contribution in [0.2, 0.25) is 0 Å². The summed E-state index contributed by atoms with van der Waals surface area (Å²) in [5.41, 5.74) is -5.53. The fraction of sp³-hybridized carbons (Fsp3) is 1.00. The zero-order chi connectivity index (χ0) is 7.00. The van der Waals surface area contributed by atoms with Crippen molar-refractivity contribution in [3.63, 3.8) is 0 Å². The summed E-state index contributed by atoms with van der Waals surface area (Å²) in [6.07, 6.45) is 0. The van der Waals surface area contributed by atoms with E-state index in [1.807, 2.05) is 0 Å². The minimum absolute atomic E-state index is 0. The number of halogens is 3. The Labute approximate surface area is 89.2 Å². The van der Waals surface area contributed by atoms with Crippen LogP contribution in [-0.4, -0.2) is 64.0 Å². The first-order chi connectivity index (χ1) is 3.25. The summed E-state index contributed by atoms with van der Waals surface area (Å²) in [6.45, 7) is 0. The molecule has 0 bridgehead atoms. The number of alkyl halides is 3. The summed E-state index contributed by atoms with van der Waals surface area (Å²) >= 11 is 0. The quantitative estimate of drug-likeness (QED) is 0.374. The molecule has 0 aromatic carbocycles. The van der Waals surface area contributed by atoms with Crippen molar-refractivity contribution in [2.24, 2.45) is 0 Å². The van der Waals surface area contributed by atoms with E-state index >= 15 is 0 Å². The SMILES string of the molecule is O=S(=O)(O)C(F)(F)F.[H-].[H-].[Sr+2]. The van der Waals surface area contributed by atoms with Crippen molar-refractivity contribution < 1.29 is 29.0 Å². The largest absolute Gasteiger partial charge is 2.00 e. The Morgan fingerprint density at radius 1 is 1.33 bits per heavy atom. The molecule has 0 aliphatic carbocycles. The van der Waals surface area contributed by atoms with Gasteiger partial charge in [-0.2, -0.15) is 21.6 Å². The van der Waals surface area contributed by atoms with Gasteiger partial charge < -0.3 is 2.85 Å². The Balaban J connectivity index is -0.0000000817. The first-order valence-electron chi connectivity index (χ1n) is 1.29. The molecule has 0 rings (SSSR count). The van der Waals surface area contributed by atoms with Crippen LogP contribution in [0, 0.1) is 0 Å². The van der Waals surface area contributed by atoms with Gasteiger partial charge >= 0.3 is 61.1 Å². The molecular weight excluding hydrogens is 237 g/mol. The smallest absolute Gasteiger partial charge is 1.00 e. The molecule has 0 spiro atoms. The predicted molar refractivity (Wildman–Crippen MR) is 25.6 cm³/mol. The van der Waals surface area contributed by atoms with E-state index in [-0.39, 0.29) is 48.3 Å². The Kier molecular flexibility index (Phi) is 5.04. The Morgan fingerprint density at radius 3 is 1.44 bits per heavy atom. The fourth-order valence-corrected chi connectivity index (χ4v) is 0. The summed E-state index contributed by atoms with van der Waals surface area (Å²) in [5.74, 6) is 0. The van der Waals surface area contributed by atoms with Gasteiger partial charge in [0.2, 0.25) is 0 Å². The molecule has 54 valence electrons. The Morgan fingerprint density at radius 2 is 1.44 bits per heavy atom. The molecule has 0 fully saturated rings. The molecule has 8 heteroatoms. The molecule has 0 aliphatic rings. The Hall–Kier alpha value is 1.18. The molecule has 1 N–H and O–H groups in total. The molecule has 0 saturated carbocycles. The van der Waals surface area contributed by atoms with Gasteiger partial charge in [-0.3, -0.25) is 4.55 Å². The molecule has 0 radical (unpaired) electrons. The normalized spacial score (nSPS) is 12.4. The number of rotatable bonds is 0. The summed E-state index contributed by atoms with van der Waals surface area (Å²) < 4.78 is 57.5. The zero-order valence-electron chi connectivity index (χ0n) is 6.01. The molecule has 0 amide bonds. The van der Waals surface area contributed by atoms with E-state index in [0.717, 1.165) is 0 Å². The second-order valence-electron chi connectivity index (χ2n) is 0.921. The van der Waals surface area contributed by atoms with Crippen molar-refractivity contribution in [3.8, 4) is 0 Å². The first-order valence-corrected chi connectivity index (χ1v) is 2.73. The third-order valence-corrected chi connectivity index (χ3v) is 0.877. The molecule has 0 unspecified atom stereocenters. The van der Waals surface area contributed by atoms with Crippen LogP contribution in [0.1, 0.15) is 2.85 Å². The van der Waals surface area contributed by atoms with Crippen molar-refractivity contribution in [1.82, 2.24) is 0 Å². The van der Waals surface area contributed by atoms with Crippen LogP contribution in [0.25, 0.3) is 0 Å². The van der Waals surface area contributed by atoms with Gasteiger partial charge in [-0.05, 0) is 0 Å². The van der Waals surface area contributed by atoms with Crippen LogP contribution < -0.4 is 0 Å². The van der Waals surface area contributed by atoms with Gasteiger partial charge in [0.1, 0.15) is 0 Å². The average Bonchev–Trinajstić information content (AvgIpc) is 1.25. The molecule has 9 heavy (non-hydrogen) atoms. The zero-order valence-corrected chi connectivity index (χ0v) is 8.31. The van der Waals surface area contributed by atoms with Gasteiger partial charge in [0.05, 0.1) is 0 Å². The van der Waals surface area contributed by atoms with E-state index in [1.165, 1.54) is 0 Å². The monoisotopic (exact) mass is 240 g/mol. The fourth-order valence-electron chi connectivity index (χ4n) is 0. The van der Waals surface area contributed by atoms with Crippen molar-refractivity contribution in [2.45, 2.75) is 5.51 Å². The van der Waals surface area contributed by atoms with Crippen LogP contribution in [0.15, 0.2) is 0 Å². The maximum Gasteiger partial charge on any atom is 2.00 e. The van der Waals surface area contributed by atoms with E-state index in [2.05, 4.69) is 0 Å². The van der Waals surface area contributed by atoms with Crippen LogP contribution in [0.3, 0.4) is 0 Å². The van der Waals surface area contributed by atoms with Crippen molar-refractivity contribution in [3.05, 3.63) is 0 Å². The van der Waals surface area contributed by atoms with E-state index < -0.39 is 15.6 Å². The van der Waals surface area contributed by atoms with E-state index in [1.54, 1.807) is 0 Å². The van der Waals surface area contributed by atoms with E-state index in [9.17, 15) is 13.2 Å². The maximum atomic E-state index is 10.7. The standard InChI is InChI=1S/CHF3O3S.Sr.2H/c2-1(3,4)8(5,6)7;;;/h(H,5,6,7);;;/q;+2;2*-1. The third kappa shape index (κ3) is 4.57. The number of hydrogen-bond donors (Lipinski definition) is 1. The van der Waals surface area contributed by atoms with Crippen molar-refractivity contribution >= 4 is 55.6 Å². The van der Waals surface area contributed by atoms with Crippen LogP contribution in [0.5, 0.6) is 0 Å². The first kappa shape index (κ1) is 12.8. The molecule has 0 saturated heterocycles. The molecule has 0 aromatic rings. The summed E-state index contributed by atoms with van der Waals surface area (Å²) in [5, 5.41) is 0. The van der Waals surface area contributed by atoms with Crippen molar-refractivity contribution in [1.29, 1.82) is 0 Å². The van der Waals surface area contributed by atoms with Gasteiger partial charge in [0.15, 0.2) is 0 Å². The van der Waals surface area contributed by atoms with Crippen LogP contribution >= 0.6 is 0 Å². The average molecular weight is 240 g/mol. The third-order valence-electron chi connectivity index (χ3n) is 0.292. The second-order valence-corrected chi connectivity index (χ2v) is 2.33. The molecule has 3 nitrogen and oxygen atoms in total. The molecule has 0 aliphatic heterocycles. The maximum absolute atomic E-state index is 10.7. The second kappa shape index (κ2) is 3.54. The van der Waals surface area contributed by atoms with Gasteiger partial charge in [0, 0.05) is 0 Å². The van der Waals surface area contributed by atoms with Gasteiger partial charge in [-0.1, -0.05) is 0 Å². The summed E-state index contributed by atoms with van der Waals surface area (Å²) in [6, 6.07) is 0. The topological polar surface area (TPSA) is 54.4 Å². The molecular formula is CH3F3O3SSr. The van der Waals surface area contributed by atoms with Gasteiger partial charge in [0.25, 0.3) is 0 Å².